The largest absolute Gasteiger partial charge is 0.418 e. The van der Waals surface area contributed by atoms with Crippen molar-refractivity contribution in [2.45, 2.75) is 0 Å². The summed E-state index contributed by atoms with van der Waals surface area (Å²) in [4.78, 5) is 22.3. The van der Waals surface area contributed by atoms with Crippen molar-refractivity contribution in [3.63, 3.8) is 0 Å². The second-order valence-electron chi connectivity index (χ2n) is 13.2. The highest BCUT2D eigenvalue weighted by atomic mass is 16.4. The molecule has 8 heteroatoms. The topological polar surface area (TPSA) is 84.3 Å². The highest BCUT2D eigenvalue weighted by Crippen LogP contribution is 2.39. The Labute approximate surface area is 322 Å². The summed E-state index contributed by atoms with van der Waals surface area (Å²) >= 11 is 0. The van der Waals surface area contributed by atoms with Crippen molar-refractivity contribution in [2.75, 3.05) is 9.80 Å². The first-order valence-electron chi connectivity index (χ1n) is 18.3. The molecule has 0 saturated carbocycles. The van der Waals surface area contributed by atoms with E-state index in [1.165, 1.54) is 0 Å². The van der Waals surface area contributed by atoms with Gasteiger partial charge in [0, 0.05) is 57.6 Å². The molecule has 0 spiro atoms. The molecular formula is C48H32N6O2. The van der Waals surface area contributed by atoms with Crippen LogP contribution < -0.4 is 9.80 Å². The molecule has 0 aliphatic heterocycles. The molecule has 56 heavy (non-hydrogen) atoms. The van der Waals surface area contributed by atoms with E-state index in [4.69, 9.17) is 8.83 Å². The molecule has 4 heterocycles. The fraction of sp³-hybridized carbons (Fsp3) is 0. The Morgan fingerprint density at radius 3 is 0.964 bits per heavy atom. The molecular weight excluding hydrogens is 693 g/mol. The van der Waals surface area contributed by atoms with Gasteiger partial charge in [-0.2, -0.15) is 0 Å². The summed E-state index contributed by atoms with van der Waals surface area (Å²) in [6.07, 6.45) is 3.42. The Balaban J connectivity index is 0.925. The molecule has 0 N–H and O–H groups in total. The van der Waals surface area contributed by atoms with Gasteiger partial charge in [0.1, 0.15) is 11.0 Å². The number of nitrogens with zero attached hydrogens (tertiary/aromatic N) is 6. The maximum absolute atomic E-state index is 5.93. The number of pyridine rings is 2. The third kappa shape index (κ3) is 6.31. The highest BCUT2D eigenvalue weighted by molar-refractivity contribution is 5.82. The van der Waals surface area contributed by atoms with E-state index in [0.717, 1.165) is 67.4 Å². The van der Waals surface area contributed by atoms with Crippen molar-refractivity contribution in [1.82, 2.24) is 19.9 Å². The monoisotopic (exact) mass is 724 g/mol. The molecule has 0 aliphatic rings. The first-order valence-corrected chi connectivity index (χ1v) is 18.3. The molecule has 0 fully saturated rings. The van der Waals surface area contributed by atoms with Crippen LogP contribution in [0.4, 0.5) is 34.1 Å². The van der Waals surface area contributed by atoms with Gasteiger partial charge in [0.15, 0.2) is 0 Å². The maximum Gasteiger partial charge on any atom is 0.247 e. The molecule has 0 unspecified atom stereocenters. The zero-order valence-corrected chi connectivity index (χ0v) is 30.0. The Morgan fingerprint density at radius 1 is 0.304 bits per heavy atom. The van der Waals surface area contributed by atoms with Gasteiger partial charge >= 0.3 is 0 Å². The van der Waals surface area contributed by atoms with Crippen LogP contribution in [0, 0.1) is 0 Å². The number of hydrogen-bond donors (Lipinski definition) is 0. The number of anilines is 6. The summed E-state index contributed by atoms with van der Waals surface area (Å²) in [7, 11) is 0. The van der Waals surface area contributed by atoms with Gasteiger partial charge in [-0.05, 0) is 132 Å². The lowest BCUT2D eigenvalue weighted by atomic mass is 10.0. The van der Waals surface area contributed by atoms with Crippen LogP contribution in [-0.4, -0.2) is 19.9 Å². The van der Waals surface area contributed by atoms with Gasteiger partial charge in [0.05, 0.1) is 0 Å². The van der Waals surface area contributed by atoms with Gasteiger partial charge in [0.25, 0.3) is 0 Å². The average molecular weight is 725 g/mol. The van der Waals surface area contributed by atoms with E-state index in [9.17, 15) is 0 Å². The van der Waals surface area contributed by atoms with Crippen molar-refractivity contribution in [3.8, 4) is 34.0 Å². The molecule has 0 atom stereocenters. The summed E-state index contributed by atoms with van der Waals surface area (Å²) in [6.45, 7) is 0. The number of para-hydroxylation sites is 2. The van der Waals surface area contributed by atoms with Crippen LogP contribution in [0.15, 0.2) is 203 Å². The van der Waals surface area contributed by atoms with Crippen molar-refractivity contribution in [2.24, 2.45) is 0 Å². The fourth-order valence-electron chi connectivity index (χ4n) is 6.95. The maximum atomic E-state index is 5.93. The van der Waals surface area contributed by atoms with Gasteiger partial charge < -0.3 is 18.6 Å². The third-order valence-electron chi connectivity index (χ3n) is 9.69. The van der Waals surface area contributed by atoms with Crippen LogP contribution in [0.1, 0.15) is 0 Å². The molecule has 0 bridgehead atoms. The van der Waals surface area contributed by atoms with E-state index in [-0.39, 0.29) is 0 Å². The minimum absolute atomic E-state index is 0.530. The smallest absolute Gasteiger partial charge is 0.247 e. The average Bonchev–Trinajstić information content (AvgIpc) is 3.91. The molecule has 0 saturated heterocycles. The van der Waals surface area contributed by atoms with Crippen LogP contribution in [0.25, 0.3) is 56.5 Å². The molecule has 10 aromatic rings. The van der Waals surface area contributed by atoms with Crippen molar-refractivity contribution in [1.29, 1.82) is 0 Å². The second-order valence-corrected chi connectivity index (χ2v) is 13.2. The molecule has 0 aliphatic carbocycles. The Hall–Kier alpha value is -7.84. The van der Waals surface area contributed by atoms with Crippen LogP contribution >= 0.6 is 0 Å². The summed E-state index contributed by atoms with van der Waals surface area (Å²) in [6, 6.07) is 62.2. The molecule has 4 aromatic heterocycles. The zero-order valence-electron chi connectivity index (χ0n) is 30.0. The van der Waals surface area contributed by atoms with E-state index in [1.54, 1.807) is 12.4 Å². The second kappa shape index (κ2) is 14.2. The van der Waals surface area contributed by atoms with Crippen LogP contribution in [0.2, 0.25) is 0 Å². The number of fused-ring (bicyclic) bond motifs is 2. The van der Waals surface area contributed by atoms with Gasteiger partial charge in [-0.25, -0.2) is 19.9 Å². The minimum atomic E-state index is 0.530. The SMILES string of the molecule is c1ccc(N(c2ccc(-c3ccc(N(c4ccccc4)c4ccc(-c5nc6cccnc6o5)cc4)cc3)cc2)c2ccc(-c3nc4cccnc4o3)cc2)cc1. The van der Waals surface area contributed by atoms with E-state index in [2.05, 4.69) is 151 Å². The molecule has 266 valence electrons. The number of aromatic nitrogens is 4. The van der Waals surface area contributed by atoms with Gasteiger partial charge in [-0.3, -0.25) is 0 Å². The lowest BCUT2D eigenvalue weighted by molar-refractivity contribution is 0.607. The van der Waals surface area contributed by atoms with Gasteiger partial charge in [-0.15, -0.1) is 0 Å². The Bertz CT molecular complexity index is 2620. The quantitative estimate of drug-likeness (QED) is 0.145. The lowest BCUT2D eigenvalue weighted by Crippen LogP contribution is -2.10. The van der Waals surface area contributed by atoms with Crippen molar-refractivity contribution >= 4 is 56.6 Å². The number of rotatable bonds is 9. The first kappa shape index (κ1) is 32.8. The first-order chi connectivity index (χ1) is 27.7. The fourth-order valence-corrected chi connectivity index (χ4v) is 6.95. The predicted octanol–water partition coefficient (Wildman–Crippen LogP) is 12.7. The predicted molar refractivity (Wildman–Crippen MR) is 223 cm³/mol. The molecule has 8 nitrogen and oxygen atoms in total. The standard InChI is InChI=1S/C48H32N6O2/c1-3-9-37(10-4-1)53(41-27-19-35(20-28-41)45-51-43-13-7-31-49-47(43)55-45)39-23-15-33(16-24-39)34-17-25-40(26-18-34)54(38-11-5-2-6-12-38)42-29-21-36(22-30-42)46-52-44-14-8-32-50-48(44)56-46/h1-32H. The van der Waals surface area contributed by atoms with E-state index in [0.29, 0.717) is 23.2 Å². The number of hydrogen-bond acceptors (Lipinski definition) is 8. The summed E-state index contributed by atoms with van der Waals surface area (Å²) in [5.41, 5.74) is 12.8. The summed E-state index contributed by atoms with van der Waals surface area (Å²) in [5, 5.41) is 0. The normalized spacial score (nSPS) is 11.2. The summed E-state index contributed by atoms with van der Waals surface area (Å²) < 4.78 is 11.9. The lowest BCUT2D eigenvalue weighted by Gasteiger charge is -2.26. The number of benzene rings is 6. The Morgan fingerprint density at radius 2 is 0.625 bits per heavy atom. The molecule has 0 radical (unpaired) electrons. The van der Waals surface area contributed by atoms with E-state index < -0.39 is 0 Å². The van der Waals surface area contributed by atoms with Crippen LogP contribution in [0.3, 0.4) is 0 Å². The third-order valence-corrected chi connectivity index (χ3v) is 9.69. The summed E-state index contributed by atoms with van der Waals surface area (Å²) in [5.74, 6) is 1.09. The Kier molecular flexibility index (Phi) is 8.31. The van der Waals surface area contributed by atoms with Crippen LogP contribution in [0.5, 0.6) is 0 Å². The van der Waals surface area contributed by atoms with Gasteiger partial charge in [0.2, 0.25) is 23.2 Å². The van der Waals surface area contributed by atoms with E-state index >= 15 is 0 Å². The molecule has 0 amide bonds. The highest BCUT2D eigenvalue weighted by Gasteiger charge is 2.17. The van der Waals surface area contributed by atoms with Gasteiger partial charge in [-0.1, -0.05) is 60.7 Å². The van der Waals surface area contributed by atoms with Crippen molar-refractivity contribution < 1.29 is 8.83 Å². The number of oxazole rings is 2. The van der Waals surface area contributed by atoms with Crippen LogP contribution in [-0.2, 0) is 0 Å². The zero-order chi connectivity index (χ0) is 37.3. The van der Waals surface area contributed by atoms with E-state index in [1.807, 2.05) is 60.7 Å². The molecule has 6 aromatic carbocycles. The minimum Gasteiger partial charge on any atom is -0.418 e. The molecule has 10 rings (SSSR count). The van der Waals surface area contributed by atoms with Crippen molar-refractivity contribution in [3.05, 3.63) is 194 Å².